The minimum absolute atomic E-state index is 0.0634. The van der Waals surface area contributed by atoms with Gasteiger partial charge in [-0.2, -0.15) is 0 Å². The molecular formula is C11H14N2O2S. The third-order valence-corrected chi connectivity index (χ3v) is 2.39. The van der Waals surface area contributed by atoms with E-state index in [1.165, 1.54) is 4.90 Å². The first-order valence-electron chi connectivity index (χ1n) is 4.91. The lowest BCUT2D eigenvalue weighted by atomic mass is 10.2. The first-order chi connectivity index (χ1) is 7.54. The first-order valence-corrected chi connectivity index (χ1v) is 5.36. The number of carbonyl (C=O) groups excluding carboxylic acids is 2. The Kier molecular flexibility index (Phi) is 4.37. The minimum Gasteiger partial charge on any atom is -0.368 e. The number of hydrogen-bond donors (Lipinski definition) is 2. The van der Waals surface area contributed by atoms with Crippen molar-refractivity contribution in [2.24, 2.45) is 5.73 Å². The predicted octanol–water partition coefficient (Wildman–Crippen LogP) is 0.923. The topological polar surface area (TPSA) is 63.4 Å². The van der Waals surface area contributed by atoms with E-state index in [0.29, 0.717) is 17.0 Å². The van der Waals surface area contributed by atoms with Crippen molar-refractivity contribution in [1.82, 2.24) is 4.90 Å². The van der Waals surface area contributed by atoms with Gasteiger partial charge in [0.25, 0.3) is 5.91 Å². The van der Waals surface area contributed by atoms with Gasteiger partial charge < -0.3 is 10.6 Å². The Bertz CT molecular complexity index is 407. The van der Waals surface area contributed by atoms with Gasteiger partial charge in [-0.1, -0.05) is 6.07 Å². The van der Waals surface area contributed by atoms with Gasteiger partial charge in [0.1, 0.15) is 0 Å². The van der Waals surface area contributed by atoms with E-state index in [2.05, 4.69) is 12.6 Å². The molecule has 0 bridgehead atoms. The van der Waals surface area contributed by atoms with E-state index in [0.717, 1.165) is 0 Å². The molecule has 5 heteroatoms. The fourth-order valence-corrected chi connectivity index (χ4v) is 1.56. The normalized spacial score (nSPS) is 9.88. The van der Waals surface area contributed by atoms with Gasteiger partial charge in [0.2, 0.25) is 5.91 Å². The van der Waals surface area contributed by atoms with E-state index >= 15 is 0 Å². The Labute approximate surface area is 99.8 Å². The molecule has 16 heavy (non-hydrogen) atoms. The van der Waals surface area contributed by atoms with Crippen molar-refractivity contribution in [3.63, 3.8) is 0 Å². The summed E-state index contributed by atoms with van der Waals surface area (Å²) in [5.74, 6) is -0.727. The molecule has 0 radical (unpaired) electrons. The average Bonchev–Trinajstić information content (AvgIpc) is 2.24. The van der Waals surface area contributed by atoms with Crippen LogP contribution in [0.1, 0.15) is 17.3 Å². The van der Waals surface area contributed by atoms with Gasteiger partial charge in [0, 0.05) is 17.0 Å². The molecule has 86 valence electrons. The minimum atomic E-state index is -0.516. The van der Waals surface area contributed by atoms with Gasteiger partial charge >= 0.3 is 0 Å². The maximum atomic E-state index is 11.9. The molecule has 0 aliphatic carbocycles. The van der Waals surface area contributed by atoms with Crippen molar-refractivity contribution in [1.29, 1.82) is 0 Å². The Morgan fingerprint density at radius 3 is 2.62 bits per heavy atom. The smallest absolute Gasteiger partial charge is 0.254 e. The Morgan fingerprint density at radius 1 is 1.44 bits per heavy atom. The molecule has 2 N–H and O–H groups in total. The van der Waals surface area contributed by atoms with Crippen molar-refractivity contribution in [3.05, 3.63) is 29.8 Å². The molecule has 0 aliphatic rings. The summed E-state index contributed by atoms with van der Waals surface area (Å²) in [5, 5.41) is 0. The maximum absolute atomic E-state index is 11.9. The number of rotatable bonds is 4. The number of thiol groups is 1. The van der Waals surface area contributed by atoms with Crippen molar-refractivity contribution in [3.8, 4) is 0 Å². The average molecular weight is 238 g/mol. The fourth-order valence-electron chi connectivity index (χ4n) is 1.34. The SMILES string of the molecule is CCN(CC(N)=O)C(=O)c1cccc(S)c1. The molecule has 0 unspecified atom stereocenters. The van der Waals surface area contributed by atoms with Crippen LogP contribution < -0.4 is 5.73 Å². The van der Waals surface area contributed by atoms with Crippen LogP contribution in [0.15, 0.2) is 29.2 Å². The molecular weight excluding hydrogens is 224 g/mol. The van der Waals surface area contributed by atoms with E-state index in [9.17, 15) is 9.59 Å². The van der Waals surface area contributed by atoms with Crippen LogP contribution in [0.2, 0.25) is 0 Å². The number of amides is 2. The van der Waals surface area contributed by atoms with Crippen LogP contribution in [0.5, 0.6) is 0 Å². The van der Waals surface area contributed by atoms with E-state index in [4.69, 9.17) is 5.73 Å². The van der Waals surface area contributed by atoms with Crippen LogP contribution in [0.25, 0.3) is 0 Å². The third-order valence-electron chi connectivity index (χ3n) is 2.11. The lowest BCUT2D eigenvalue weighted by Crippen LogP contribution is -2.38. The van der Waals surface area contributed by atoms with Gasteiger partial charge in [-0.25, -0.2) is 0 Å². The molecule has 1 rings (SSSR count). The summed E-state index contributed by atoms with van der Waals surface area (Å²) in [6.45, 7) is 2.18. The zero-order chi connectivity index (χ0) is 12.1. The van der Waals surface area contributed by atoms with Crippen LogP contribution in [-0.2, 0) is 4.79 Å². The van der Waals surface area contributed by atoms with Crippen LogP contribution in [0.4, 0.5) is 0 Å². The second kappa shape index (κ2) is 5.55. The molecule has 0 fully saturated rings. The Morgan fingerprint density at radius 2 is 2.12 bits per heavy atom. The summed E-state index contributed by atoms with van der Waals surface area (Å²) in [6.07, 6.45) is 0. The number of hydrogen-bond acceptors (Lipinski definition) is 3. The van der Waals surface area contributed by atoms with Crippen LogP contribution in [-0.4, -0.2) is 29.8 Å². The summed E-state index contributed by atoms with van der Waals surface area (Å²) in [4.78, 5) is 24.8. The number of nitrogens with two attached hydrogens (primary N) is 1. The quantitative estimate of drug-likeness (QED) is 0.766. The molecule has 0 atom stereocenters. The number of nitrogens with zero attached hydrogens (tertiary/aromatic N) is 1. The van der Waals surface area contributed by atoms with Gasteiger partial charge in [0.05, 0.1) is 6.54 Å². The van der Waals surface area contributed by atoms with E-state index in [1.54, 1.807) is 31.2 Å². The highest BCUT2D eigenvalue weighted by atomic mass is 32.1. The van der Waals surface area contributed by atoms with Crippen LogP contribution in [0, 0.1) is 0 Å². The van der Waals surface area contributed by atoms with Gasteiger partial charge in [0.15, 0.2) is 0 Å². The van der Waals surface area contributed by atoms with E-state index in [1.807, 2.05) is 0 Å². The molecule has 0 heterocycles. The van der Waals surface area contributed by atoms with Crippen molar-refractivity contribution < 1.29 is 9.59 Å². The van der Waals surface area contributed by atoms with Crippen LogP contribution in [0.3, 0.4) is 0 Å². The molecule has 2 amide bonds. The van der Waals surface area contributed by atoms with Crippen molar-refractivity contribution in [2.45, 2.75) is 11.8 Å². The first kappa shape index (κ1) is 12.6. The van der Waals surface area contributed by atoms with Gasteiger partial charge in [-0.05, 0) is 25.1 Å². The second-order valence-corrected chi connectivity index (χ2v) is 3.85. The molecule has 0 aromatic heterocycles. The predicted molar refractivity (Wildman–Crippen MR) is 64.5 cm³/mol. The monoisotopic (exact) mass is 238 g/mol. The summed E-state index contributed by atoms with van der Waals surface area (Å²) in [7, 11) is 0. The Hall–Kier alpha value is -1.49. The molecule has 1 aromatic rings. The number of carbonyl (C=O) groups is 2. The highest BCUT2D eigenvalue weighted by molar-refractivity contribution is 7.80. The van der Waals surface area contributed by atoms with Crippen molar-refractivity contribution >= 4 is 24.4 Å². The fraction of sp³-hybridized carbons (Fsp3) is 0.273. The molecule has 4 nitrogen and oxygen atoms in total. The maximum Gasteiger partial charge on any atom is 0.254 e. The molecule has 0 saturated carbocycles. The third kappa shape index (κ3) is 3.27. The lowest BCUT2D eigenvalue weighted by molar-refractivity contribution is -0.118. The lowest BCUT2D eigenvalue weighted by Gasteiger charge is -2.19. The number of likely N-dealkylation sites (N-methyl/N-ethyl adjacent to an activating group) is 1. The molecule has 0 aliphatic heterocycles. The zero-order valence-electron chi connectivity index (χ0n) is 9.01. The Balaban J connectivity index is 2.86. The summed E-state index contributed by atoms with van der Waals surface area (Å²) in [5.41, 5.74) is 5.58. The summed E-state index contributed by atoms with van der Waals surface area (Å²) < 4.78 is 0. The molecule has 1 aromatic carbocycles. The standard InChI is InChI=1S/C11H14N2O2S/c1-2-13(7-10(12)14)11(15)8-4-3-5-9(16)6-8/h3-6,16H,2,7H2,1H3,(H2,12,14). The second-order valence-electron chi connectivity index (χ2n) is 3.34. The number of benzene rings is 1. The largest absolute Gasteiger partial charge is 0.368 e. The number of primary amides is 1. The molecule has 0 spiro atoms. The highest BCUT2D eigenvalue weighted by Gasteiger charge is 2.15. The van der Waals surface area contributed by atoms with E-state index < -0.39 is 5.91 Å². The zero-order valence-corrected chi connectivity index (χ0v) is 9.91. The molecule has 0 saturated heterocycles. The van der Waals surface area contributed by atoms with E-state index in [-0.39, 0.29) is 12.5 Å². The summed E-state index contributed by atoms with van der Waals surface area (Å²) >= 11 is 4.15. The van der Waals surface area contributed by atoms with Gasteiger partial charge in [-0.15, -0.1) is 12.6 Å². The van der Waals surface area contributed by atoms with Crippen LogP contribution >= 0.6 is 12.6 Å². The van der Waals surface area contributed by atoms with Gasteiger partial charge in [-0.3, -0.25) is 9.59 Å². The van der Waals surface area contributed by atoms with Crippen molar-refractivity contribution in [2.75, 3.05) is 13.1 Å². The highest BCUT2D eigenvalue weighted by Crippen LogP contribution is 2.11. The summed E-state index contributed by atoms with van der Waals surface area (Å²) in [6, 6.07) is 6.87.